The SMILES string of the molecule is COCCN(C)S(=O)(=O)CCCN. The quantitative estimate of drug-likeness (QED) is 0.599. The molecule has 2 N–H and O–H groups in total. The number of methoxy groups -OCH3 is 1. The Bertz CT molecular complexity index is 216. The Hall–Kier alpha value is -0.170. The van der Waals surface area contributed by atoms with Gasteiger partial charge in [-0.3, -0.25) is 0 Å². The number of ether oxygens (including phenoxy) is 1. The maximum Gasteiger partial charge on any atom is 0.213 e. The van der Waals surface area contributed by atoms with Crippen LogP contribution in [0, 0.1) is 0 Å². The molecular formula is C7H18N2O3S. The van der Waals surface area contributed by atoms with Gasteiger partial charge in [0, 0.05) is 20.7 Å². The van der Waals surface area contributed by atoms with Crippen molar-refractivity contribution in [3.63, 3.8) is 0 Å². The maximum atomic E-state index is 11.4. The second kappa shape index (κ2) is 6.31. The second-order valence-corrected chi connectivity index (χ2v) is 4.97. The van der Waals surface area contributed by atoms with E-state index in [4.69, 9.17) is 10.5 Å². The predicted molar refractivity (Wildman–Crippen MR) is 52.0 cm³/mol. The van der Waals surface area contributed by atoms with Gasteiger partial charge in [-0.15, -0.1) is 0 Å². The van der Waals surface area contributed by atoms with Gasteiger partial charge >= 0.3 is 0 Å². The second-order valence-electron chi connectivity index (χ2n) is 2.77. The lowest BCUT2D eigenvalue weighted by atomic mass is 10.5. The summed E-state index contributed by atoms with van der Waals surface area (Å²) in [5.41, 5.74) is 5.23. The van der Waals surface area contributed by atoms with Gasteiger partial charge in [0.05, 0.1) is 12.4 Å². The Balaban J connectivity index is 3.96. The molecular weight excluding hydrogens is 192 g/mol. The fourth-order valence-electron chi connectivity index (χ4n) is 0.780. The van der Waals surface area contributed by atoms with Gasteiger partial charge in [0.25, 0.3) is 0 Å². The number of hydrogen-bond acceptors (Lipinski definition) is 4. The largest absolute Gasteiger partial charge is 0.383 e. The summed E-state index contributed by atoms with van der Waals surface area (Å²) in [6.45, 7) is 1.21. The van der Waals surface area contributed by atoms with E-state index in [9.17, 15) is 8.42 Å². The number of hydrogen-bond donors (Lipinski definition) is 1. The van der Waals surface area contributed by atoms with Gasteiger partial charge in [-0.05, 0) is 13.0 Å². The highest BCUT2D eigenvalue weighted by Crippen LogP contribution is 1.99. The highest BCUT2D eigenvalue weighted by Gasteiger charge is 2.15. The van der Waals surface area contributed by atoms with Gasteiger partial charge in [0.15, 0.2) is 0 Å². The summed E-state index contributed by atoms with van der Waals surface area (Å²) in [6, 6.07) is 0. The van der Waals surface area contributed by atoms with Crippen LogP contribution in [0.4, 0.5) is 0 Å². The number of nitrogens with two attached hydrogens (primary N) is 1. The lowest BCUT2D eigenvalue weighted by Gasteiger charge is -2.15. The van der Waals surface area contributed by atoms with Crippen LogP contribution < -0.4 is 5.73 Å². The van der Waals surface area contributed by atoms with Crippen LogP contribution in [0.5, 0.6) is 0 Å². The monoisotopic (exact) mass is 210 g/mol. The molecule has 0 heterocycles. The van der Waals surface area contributed by atoms with Crippen molar-refractivity contribution in [2.24, 2.45) is 5.73 Å². The normalized spacial score (nSPS) is 12.3. The Kier molecular flexibility index (Phi) is 6.23. The zero-order chi connectivity index (χ0) is 10.3. The van der Waals surface area contributed by atoms with Crippen LogP contribution in [0.15, 0.2) is 0 Å². The molecule has 80 valence electrons. The molecule has 5 nitrogen and oxygen atoms in total. The summed E-state index contributed by atoms with van der Waals surface area (Å²) in [7, 11) is -0.0328. The lowest BCUT2D eigenvalue weighted by Crippen LogP contribution is -2.32. The zero-order valence-electron chi connectivity index (χ0n) is 8.19. The van der Waals surface area contributed by atoms with Gasteiger partial charge < -0.3 is 10.5 Å². The Morgan fingerprint density at radius 1 is 1.46 bits per heavy atom. The first kappa shape index (κ1) is 12.8. The Labute approximate surface area is 79.9 Å². The third-order valence-electron chi connectivity index (χ3n) is 1.69. The molecule has 0 bridgehead atoms. The average molecular weight is 210 g/mol. The first-order chi connectivity index (χ1) is 6.04. The van der Waals surface area contributed by atoms with Crippen LogP contribution in [-0.4, -0.2) is 52.3 Å². The van der Waals surface area contributed by atoms with Crippen molar-refractivity contribution in [2.45, 2.75) is 6.42 Å². The molecule has 0 aromatic rings. The Morgan fingerprint density at radius 3 is 2.54 bits per heavy atom. The van der Waals surface area contributed by atoms with Crippen LogP contribution in [0.2, 0.25) is 0 Å². The summed E-state index contributed by atoms with van der Waals surface area (Å²) in [5, 5.41) is 0. The van der Waals surface area contributed by atoms with Crippen molar-refractivity contribution in [1.82, 2.24) is 4.31 Å². The summed E-state index contributed by atoms with van der Waals surface area (Å²) < 4.78 is 28.9. The molecule has 0 aliphatic rings. The van der Waals surface area contributed by atoms with Gasteiger partial charge in [-0.1, -0.05) is 0 Å². The van der Waals surface area contributed by atoms with Crippen molar-refractivity contribution in [3.05, 3.63) is 0 Å². The van der Waals surface area contributed by atoms with Crippen LogP contribution in [-0.2, 0) is 14.8 Å². The standard InChI is InChI=1S/C7H18N2O3S/c1-9(5-6-12-2)13(10,11)7-3-4-8/h3-8H2,1-2H3. The first-order valence-corrected chi connectivity index (χ1v) is 5.78. The summed E-state index contributed by atoms with van der Waals surface area (Å²) in [6.07, 6.45) is 0.500. The molecule has 0 aromatic carbocycles. The van der Waals surface area contributed by atoms with Crippen molar-refractivity contribution >= 4 is 10.0 Å². The van der Waals surface area contributed by atoms with Gasteiger partial charge in [-0.2, -0.15) is 0 Å². The molecule has 0 fully saturated rings. The lowest BCUT2D eigenvalue weighted by molar-refractivity contribution is 0.185. The topological polar surface area (TPSA) is 72.6 Å². The van der Waals surface area contributed by atoms with Gasteiger partial charge in [0.1, 0.15) is 0 Å². The number of sulfonamides is 1. The first-order valence-electron chi connectivity index (χ1n) is 4.17. The fourth-order valence-corrected chi connectivity index (χ4v) is 1.98. The molecule has 0 rings (SSSR count). The smallest absolute Gasteiger partial charge is 0.213 e. The van der Waals surface area contributed by atoms with Crippen LogP contribution in [0.25, 0.3) is 0 Å². The van der Waals surface area contributed by atoms with Crippen LogP contribution >= 0.6 is 0 Å². The molecule has 0 unspecified atom stereocenters. The average Bonchev–Trinajstić information content (AvgIpc) is 2.10. The third kappa shape index (κ3) is 5.20. The van der Waals surface area contributed by atoms with Crippen molar-refractivity contribution < 1.29 is 13.2 Å². The minimum atomic E-state index is -3.12. The summed E-state index contributed by atoms with van der Waals surface area (Å²) in [5.74, 6) is 0.115. The van der Waals surface area contributed by atoms with E-state index in [-0.39, 0.29) is 5.75 Å². The minimum Gasteiger partial charge on any atom is -0.383 e. The minimum absolute atomic E-state index is 0.115. The van der Waals surface area contributed by atoms with Gasteiger partial charge in [-0.25, -0.2) is 12.7 Å². The Morgan fingerprint density at radius 2 is 2.08 bits per heavy atom. The van der Waals surface area contributed by atoms with Crippen molar-refractivity contribution in [1.29, 1.82) is 0 Å². The zero-order valence-corrected chi connectivity index (χ0v) is 9.01. The highest BCUT2D eigenvalue weighted by atomic mass is 32.2. The van der Waals surface area contributed by atoms with E-state index in [2.05, 4.69) is 0 Å². The summed E-state index contributed by atoms with van der Waals surface area (Å²) >= 11 is 0. The molecule has 0 amide bonds. The fraction of sp³-hybridized carbons (Fsp3) is 1.00. The molecule has 6 heteroatoms. The van der Waals surface area contributed by atoms with E-state index in [1.807, 2.05) is 0 Å². The van der Waals surface area contributed by atoms with Crippen molar-refractivity contribution in [3.8, 4) is 0 Å². The predicted octanol–water partition coefficient (Wildman–Crippen LogP) is -0.757. The van der Waals surface area contributed by atoms with E-state index in [1.165, 1.54) is 4.31 Å². The summed E-state index contributed by atoms with van der Waals surface area (Å²) in [4.78, 5) is 0. The molecule has 0 spiro atoms. The van der Waals surface area contributed by atoms with E-state index in [1.54, 1.807) is 14.2 Å². The molecule has 0 aliphatic carbocycles. The van der Waals surface area contributed by atoms with E-state index < -0.39 is 10.0 Å². The van der Waals surface area contributed by atoms with Crippen LogP contribution in [0.3, 0.4) is 0 Å². The molecule has 0 aliphatic heterocycles. The van der Waals surface area contributed by atoms with E-state index >= 15 is 0 Å². The molecule has 0 aromatic heterocycles. The molecule has 0 radical (unpaired) electrons. The highest BCUT2D eigenvalue weighted by molar-refractivity contribution is 7.89. The maximum absolute atomic E-state index is 11.4. The molecule has 13 heavy (non-hydrogen) atoms. The van der Waals surface area contributed by atoms with Gasteiger partial charge in [0.2, 0.25) is 10.0 Å². The molecule has 0 saturated carbocycles. The number of nitrogens with zero attached hydrogens (tertiary/aromatic N) is 1. The number of likely N-dealkylation sites (N-methyl/N-ethyl adjacent to an activating group) is 1. The van der Waals surface area contributed by atoms with E-state index in [0.717, 1.165) is 0 Å². The molecule has 0 atom stereocenters. The van der Waals surface area contributed by atoms with Crippen LogP contribution in [0.1, 0.15) is 6.42 Å². The van der Waals surface area contributed by atoms with Crippen molar-refractivity contribution in [2.75, 3.05) is 39.6 Å². The third-order valence-corrected chi connectivity index (χ3v) is 3.63. The molecule has 0 saturated heterocycles. The number of rotatable bonds is 7. The van der Waals surface area contributed by atoms with E-state index in [0.29, 0.717) is 26.1 Å².